The van der Waals surface area contributed by atoms with Gasteiger partial charge < -0.3 is 0 Å². The first-order valence-electron chi connectivity index (χ1n) is 4.14. The van der Waals surface area contributed by atoms with Crippen LogP contribution in [0.25, 0.3) is 0 Å². The van der Waals surface area contributed by atoms with Crippen LogP contribution >= 0.6 is 0 Å². The molecular weight excluding hydrogens is 148 g/mol. The molecule has 11 heavy (non-hydrogen) atoms. The SMILES string of the molecule is C=C(C)/C=C(\C)C[Si](C)(C)C. The van der Waals surface area contributed by atoms with Gasteiger partial charge in [0, 0.05) is 8.07 Å². The van der Waals surface area contributed by atoms with E-state index in [-0.39, 0.29) is 0 Å². The Balaban J connectivity index is 4.07. The van der Waals surface area contributed by atoms with Crippen LogP contribution in [-0.2, 0) is 0 Å². The Morgan fingerprint density at radius 3 is 2.00 bits per heavy atom. The van der Waals surface area contributed by atoms with Crippen molar-refractivity contribution >= 4 is 8.07 Å². The zero-order valence-electron chi connectivity index (χ0n) is 8.49. The van der Waals surface area contributed by atoms with Crippen molar-refractivity contribution in [2.75, 3.05) is 0 Å². The zero-order valence-corrected chi connectivity index (χ0v) is 9.49. The molecule has 0 spiro atoms. The van der Waals surface area contributed by atoms with Crippen molar-refractivity contribution in [1.82, 2.24) is 0 Å². The van der Waals surface area contributed by atoms with Crippen LogP contribution in [0.5, 0.6) is 0 Å². The molecule has 0 aliphatic heterocycles. The van der Waals surface area contributed by atoms with Gasteiger partial charge in [-0.3, -0.25) is 0 Å². The highest BCUT2D eigenvalue weighted by atomic mass is 28.3. The van der Waals surface area contributed by atoms with Crippen molar-refractivity contribution in [2.24, 2.45) is 0 Å². The fourth-order valence-electron chi connectivity index (χ4n) is 1.31. The number of allylic oxidation sites excluding steroid dienone is 3. The number of hydrogen-bond donors (Lipinski definition) is 0. The van der Waals surface area contributed by atoms with Gasteiger partial charge in [-0.15, -0.1) is 0 Å². The molecule has 0 aromatic rings. The Morgan fingerprint density at radius 2 is 1.73 bits per heavy atom. The van der Waals surface area contributed by atoms with E-state index in [4.69, 9.17) is 0 Å². The zero-order chi connectivity index (χ0) is 9.07. The normalized spacial score (nSPS) is 13.4. The fraction of sp³-hybridized carbons (Fsp3) is 0.600. The lowest BCUT2D eigenvalue weighted by Gasteiger charge is -2.15. The maximum Gasteiger partial charge on any atom is 0.0483 e. The van der Waals surface area contributed by atoms with Gasteiger partial charge in [-0.1, -0.05) is 43.4 Å². The van der Waals surface area contributed by atoms with Crippen molar-refractivity contribution in [3.8, 4) is 0 Å². The predicted molar refractivity (Wildman–Crippen MR) is 56.7 cm³/mol. The van der Waals surface area contributed by atoms with Crippen LogP contribution in [0, 0.1) is 0 Å². The van der Waals surface area contributed by atoms with E-state index >= 15 is 0 Å². The van der Waals surface area contributed by atoms with Gasteiger partial charge in [-0.05, 0) is 19.9 Å². The van der Waals surface area contributed by atoms with E-state index in [1.54, 1.807) is 0 Å². The second kappa shape index (κ2) is 3.91. The van der Waals surface area contributed by atoms with Crippen LogP contribution in [-0.4, -0.2) is 8.07 Å². The summed E-state index contributed by atoms with van der Waals surface area (Å²) in [5, 5.41) is 0. The molecule has 0 aliphatic rings. The fourth-order valence-corrected chi connectivity index (χ4v) is 3.08. The molecule has 0 saturated heterocycles. The lowest BCUT2D eigenvalue weighted by atomic mass is 10.2. The summed E-state index contributed by atoms with van der Waals surface area (Å²) in [5.41, 5.74) is 2.65. The van der Waals surface area contributed by atoms with E-state index in [9.17, 15) is 0 Å². The average Bonchev–Trinajstić information content (AvgIpc) is 1.53. The third kappa shape index (κ3) is 7.60. The van der Waals surface area contributed by atoms with Crippen LogP contribution in [0.4, 0.5) is 0 Å². The molecule has 0 unspecified atom stereocenters. The summed E-state index contributed by atoms with van der Waals surface area (Å²) in [4.78, 5) is 0. The van der Waals surface area contributed by atoms with Gasteiger partial charge in [0.05, 0.1) is 0 Å². The highest BCUT2D eigenvalue weighted by Crippen LogP contribution is 2.16. The first-order valence-corrected chi connectivity index (χ1v) is 7.85. The molecular formula is C10H20Si. The summed E-state index contributed by atoms with van der Waals surface area (Å²) in [5.74, 6) is 0. The number of hydrogen-bond acceptors (Lipinski definition) is 0. The molecule has 0 saturated carbocycles. The van der Waals surface area contributed by atoms with Crippen LogP contribution in [0.3, 0.4) is 0 Å². The Morgan fingerprint density at radius 1 is 1.27 bits per heavy atom. The third-order valence-electron chi connectivity index (χ3n) is 1.30. The van der Waals surface area contributed by atoms with Gasteiger partial charge in [-0.25, -0.2) is 0 Å². The summed E-state index contributed by atoms with van der Waals surface area (Å²) in [7, 11) is -0.897. The molecule has 0 rings (SSSR count). The minimum absolute atomic E-state index is 0.897. The topological polar surface area (TPSA) is 0 Å². The molecule has 0 nitrogen and oxygen atoms in total. The highest BCUT2D eigenvalue weighted by Gasteiger charge is 2.12. The second-order valence-electron chi connectivity index (χ2n) is 4.57. The summed E-state index contributed by atoms with van der Waals surface area (Å²) in [6, 6.07) is 1.29. The Labute approximate surface area is 72.0 Å². The lowest BCUT2D eigenvalue weighted by Crippen LogP contribution is -2.19. The minimum Gasteiger partial charge on any atom is -0.0961 e. The van der Waals surface area contributed by atoms with Crippen LogP contribution in [0.15, 0.2) is 23.8 Å². The monoisotopic (exact) mass is 168 g/mol. The van der Waals surface area contributed by atoms with Crippen LogP contribution in [0.2, 0.25) is 25.7 Å². The Kier molecular flexibility index (Phi) is 3.80. The summed E-state index contributed by atoms with van der Waals surface area (Å²) in [6.07, 6.45) is 2.19. The molecule has 0 fully saturated rings. The maximum absolute atomic E-state index is 3.86. The van der Waals surface area contributed by atoms with Gasteiger partial charge in [0.25, 0.3) is 0 Å². The van der Waals surface area contributed by atoms with E-state index in [1.165, 1.54) is 17.2 Å². The average molecular weight is 168 g/mol. The van der Waals surface area contributed by atoms with Crippen molar-refractivity contribution < 1.29 is 0 Å². The largest absolute Gasteiger partial charge is 0.0961 e. The molecule has 0 aromatic heterocycles. The molecule has 0 atom stereocenters. The van der Waals surface area contributed by atoms with Gasteiger partial charge in [-0.2, -0.15) is 0 Å². The summed E-state index contributed by atoms with van der Waals surface area (Å²) < 4.78 is 0. The van der Waals surface area contributed by atoms with Crippen LogP contribution in [0.1, 0.15) is 13.8 Å². The lowest BCUT2D eigenvalue weighted by molar-refractivity contribution is 1.29. The Hall–Kier alpha value is -0.303. The molecule has 64 valence electrons. The highest BCUT2D eigenvalue weighted by molar-refractivity contribution is 6.76. The third-order valence-corrected chi connectivity index (χ3v) is 2.92. The van der Waals surface area contributed by atoms with E-state index in [1.807, 2.05) is 6.92 Å². The molecule has 0 aliphatic carbocycles. The molecule has 0 radical (unpaired) electrons. The van der Waals surface area contributed by atoms with Crippen molar-refractivity contribution in [3.63, 3.8) is 0 Å². The maximum atomic E-state index is 3.86. The number of rotatable bonds is 3. The smallest absolute Gasteiger partial charge is 0.0483 e. The minimum atomic E-state index is -0.897. The van der Waals surface area contributed by atoms with Gasteiger partial charge >= 0.3 is 0 Å². The van der Waals surface area contributed by atoms with Crippen molar-refractivity contribution in [2.45, 2.75) is 39.5 Å². The van der Waals surface area contributed by atoms with Crippen molar-refractivity contribution in [3.05, 3.63) is 23.8 Å². The standard InChI is InChI=1S/C10H20Si/c1-9(2)7-10(3)8-11(4,5)6/h7H,1,8H2,2-6H3/b10-7+. The van der Waals surface area contributed by atoms with E-state index in [0.717, 1.165) is 0 Å². The molecule has 0 amide bonds. The quantitative estimate of drug-likeness (QED) is 0.443. The van der Waals surface area contributed by atoms with Crippen LogP contribution < -0.4 is 0 Å². The predicted octanol–water partition coefficient (Wildman–Crippen LogP) is 3.85. The van der Waals surface area contributed by atoms with Gasteiger partial charge in [0.15, 0.2) is 0 Å². The molecule has 0 bridgehead atoms. The van der Waals surface area contributed by atoms with Gasteiger partial charge in [0.1, 0.15) is 0 Å². The Bertz CT molecular complexity index is 170. The molecule has 0 N–H and O–H groups in total. The van der Waals surface area contributed by atoms with Crippen molar-refractivity contribution in [1.29, 1.82) is 0 Å². The second-order valence-corrected chi connectivity index (χ2v) is 10.0. The first-order chi connectivity index (χ1) is 4.81. The van der Waals surface area contributed by atoms with Gasteiger partial charge in [0.2, 0.25) is 0 Å². The molecule has 0 heterocycles. The van der Waals surface area contributed by atoms with E-state index < -0.39 is 8.07 Å². The van der Waals surface area contributed by atoms with E-state index in [0.29, 0.717) is 0 Å². The van der Waals surface area contributed by atoms with E-state index in [2.05, 4.69) is 39.2 Å². The summed E-state index contributed by atoms with van der Waals surface area (Å²) in [6.45, 7) is 15.3. The molecule has 1 heteroatoms. The first kappa shape index (κ1) is 10.7. The summed E-state index contributed by atoms with van der Waals surface area (Å²) >= 11 is 0. The molecule has 0 aromatic carbocycles.